The maximum absolute atomic E-state index is 13.3. The standard InChI is InChI=1S/C22H32O3.C21H26O5/c1-4-20(24)25-19-8-7-17-16-6-5-14-13-15(23)9-11-21(14,2)18(16)10-12-22(17,19)3;1-19-7-5-13(23)9-12(19)3-4-14-15-6-8-21(26,17(25)11-22)20(15,2)10-16(24)18(14)19/h13,16-19H,4-12H2,1-3H3;5,7,9,14-15,18,22,26H,3-4,6,8,10-11H2,1-2H3/t16-,17-,18-,19-,21-,22-;14-,15-,18+,19-,20-,21-/m00/s1. The smallest absolute Gasteiger partial charge is 0.305 e. The van der Waals surface area contributed by atoms with Gasteiger partial charge >= 0.3 is 5.97 Å². The van der Waals surface area contributed by atoms with Crippen LogP contribution in [0.15, 0.2) is 35.5 Å². The largest absolute Gasteiger partial charge is 0.462 e. The Hall–Kier alpha value is -2.71. The van der Waals surface area contributed by atoms with Gasteiger partial charge in [-0.2, -0.15) is 0 Å². The fourth-order valence-corrected chi connectivity index (χ4v) is 13.6. The van der Waals surface area contributed by atoms with Crippen molar-refractivity contribution < 1.29 is 38.9 Å². The highest BCUT2D eigenvalue weighted by atomic mass is 16.5. The number of carbonyl (C=O) groups is 5. The van der Waals surface area contributed by atoms with Gasteiger partial charge in [-0.15, -0.1) is 0 Å². The second-order valence-corrected chi connectivity index (χ2v) is 18.4. The molecule has 0 aromatic rings. The minimum Gasteiger partial charge on any atom is -0.462 e. The molecule has 12 atom stereocenters. The minimum absolute atomic E-state index is 0.0206. The van der Waals surface area contributed by atoms with Crippen LogP contribution in [0.4, 0.5) is 0 Å². The third-order valence-corrected chi connectivity index (χ3v) is 16.5. The Morgan fingerprint density at radius 2 is 1.53 bits per heavy atom. The lowest BCUT2D eigenvalue weighted by Crippen LogP contribution is -2.60. The lowest BCUT2D eigenvalue weighted by molar-refractivity contribution is -0.168. The van der Waals surface area contributed by atoms with Crippen LogP contribution in [-0.4, -0.2) is 57.6 Å². The molecule has 0 aliphatic heterocycles. The number of hydrogen-bond acceptors (Lipinski definition) is 8. The van der Waals surface area contributed by atoms with Crippen LogP contribution in [-0.2, 0) is 28.7 Å². The van der Waals surface area contributed by atoms with Crippen LogP contribution in [0.2, 0.25) is 0 Å². The van der Waals surface area contributed by atoms with E-state index >= 15 is 0 Å². The second kappa shape index (κ2) is 12.7. The van der Waals surface area contributed by atoms with Crippen LogP contribution >= 0.6 is 0 Å². The van der Waals surface area contributed by atoms with Crippen molar-refractivity contribution in [2.24, 2.45) is 57.2 Å². The maximum Gasteiger partial charge on any atom is 0.305 e. The first-order chi connectivity index (χ1) is 24.1. The van der Waals surface area contributed by atoms with E-state index in [0.29, 0.717) is 36.9 Å². The van der Waals surface area contributed by atoms with Crippen LogP contribution < -0.4 is 0 Å². The van der Waals surface area contributed by atoms with E-state index < -0.39 is 28.8 Å². The molecular formula is C43H58O8. The molecule has 0 spiro atoms. The zero-order chi connectivity index (χ0) is 36.7. The molecule has 0 saturated heterocycles. The van der Waals surface area contributed by atoms with Crippen molar-refractivity contribution >= 4 is 29.1 Å². The molecule has 0 aromatic heterocycles. The van der Waals surface area contributed by atoms with Gasteiger partial charge < -0.3 is 14.9 Å². The Labute approximate surface area is 302 Å². The van der Waals surface area contributed by atoms with Crippen LogP contribution in [0.1, 0.15) is 125 Å². The molecule has 6 fully saturated rings. The summed E-state index contributed by atoms with van der Waals surface area (Å²) < 4.78 is 5.86. The summed E-state index contributed by atoms with van der Waals surface area (Å²) in [6.07, 6.45) is 19.1. The van der Waals surface area contributed by atoms with E-state index in [0.717, 1.165) is 56.4 Å². The molecule has 0 heterocycles. The monoisotopic (exact) mass is 702 g/mol. The van der Waals surface area contributed by atoms with Crippen molar-refractivity contribution in [1.29, 1.82) is 0 Å². The average Bonchev–Trinajstić information content (AvgIpc) is 3.57. The van der Waals surface area contributed by atoms with Crippen LogP contribution in [0.25, 0.3) is 0 Å². The first-order valence-electron chi connectivity index (χ1n) is 19.8. The van der Waals surface area contributed by atoms with E-state index in [2.05, 4.69) is 13.8 Å². The summed E-state index contributed by atoms with van der Waals surface area (Å²) in [6, 6.07) is 0. The van der Waals surface area contributed by atoms with E-state index in [4.69, 9.17) is 4.74 Å². The Balaban J connectivity index is 0.000000159. The minimum atomic E-state index is -1.62. The third-order valence-electron chi connectivity index (χ3n) is 16.5. The number of allylic oxidation sites excluding steroid dienone is 5. The fourth-order valence-electron chi connectivity index (χ4n) is 13.6. The Morgan fingerprint density at radius 3 is 2.25 bits per heavy atom. The normalized spacial score (nSPS) is 46.5. The second-order valence-electron chi connectivity index (χ2n) is 18.4. The lowest BCUT2D eigenvalue weighted by atomic mass is 9.46. The van der Waals surface area contributed by atoms with Crippen LogP contribution in [0.5, 0.6) is 0 Å². The predicted octanol–water partition coefficient (Wildman–Crippen LogP) is 6.61. The summed E-state index contributed by atoms with van der Waals surface area (Å²) in [7, 11) is 0. The van der Waals surface area contributed by atoms with E-state index in [-0.39, 0.29) is 58.6 Å². The Bertz CT molecular complexity index is 1620. The number of ether oxygens (including phenoxy) is 1. The average molecular weight is 703 g/mol. The van der Waals surface area contributed by atoms with Gasteiger partial charge in [0, 0.05) is 41.4 Å². The zero-order valence-electron chi connectivity index (χ0n) is 31.3. The molecule has 0 unspecified atom stereocenters. The summed E-state index contributed by atoms with van der Waals surface area (Å²) in [5.41, 5.74) is -0.0379. The fraction of sp³-hybridized carbons (Fsp3) is 0.744. The van der Waals surface area contributed by atoms with Crippen molar-refractivity contribution in [2.75, 3.05) is 6.61 Å². The summed E-state index contributed by atoms with van der Waals surface area (Å²) in [5, 5.41) is 20.5. The molecule has 2 N–H and O–H groups in total. The molecule has 51 heavy (non-hydrogen) atoms. The number of esters is 1. The van der Waals surface area contributed by atoms with Crippen molar-refractivity contribution in [3.63, 3.8) is 0 Å². The molecule has 8 heteroatoms. The molecule has 0 radical (unpaired) electrons. The Morgan fingerprint density at radius 1 is 0.824 bits per heavy atom. The molecule has 8 rings (SSSR count). The van der Waals surface area contributed by atoms with E-state index in [1.165, 1.54) is 24.8 Å². The molecule has 8 aliphatic carbocycles. The summed E-state index contributed by atoms with van der Waals surface area (Å²) in [5.74, 6) is 1.82. The number of carbonyl (C=O) groups excluding carboxylic acids is 5. The summed E-state index contributed by atoms with van der Waals surface area (Å²) in [4.78, 5) is 61.2. The van der Waals surface area contributed by atoms with Gasteiger partial charge in [0.2, 0.25) is 0 Å². The molecule has 0 amide bonds. The highest BCUT2D eigenvalue weighted by Crippen LogP contribution is 2.67. The van der Waals surface area contributed by atoms with Gasteiger partial charge in [0.1, 0.15) is 24.1 Å². The van der Waals surface area contributed by atoms with E-state index in [1.807, 2.05) is 32.9 Å². The van der Waals surface area contributed by atoms with Crippen LogP contribution in [0, 0.1) is 57.2 Å². The maximum atomic E-state index is 13.3. The number of fused-ring (bicyclic) bond motifs is 10. The zero-order valence-corrected chi connectivity index (χ0v) is 31.3. The lowest BCUT2D eigenvalue weighted by Gasteiger charge is -2.57. The van der Waals surface area contributed by atoms with Crippen LogP contribution in [0.3, 0.4) is 0 Å². The molecule has 8 aliphatic rings. The van der Waals surface area contributed by atoms with E-state index in [1.54, 1.807) is 12.2 Å². The number of rotatable bonds is 4. The van der Waals surface area contributed by atoms with Gasteiger partial charge in [0.15, 0.2) is 17.3 Å². The van der Waals surface area contributed by atoms with Gasteiger partial charge in [-0.3, -0.25) is 24.0 Å². The van der Waals surface area contributed by atoms with Crippen molar-refractivity contribution in [1.82, 2.24) is 0 Å². The molecule has 6 saturated carbocycles. The van der Waals surface area contributed by atoms with Gasteiger partial charge in [-0.1, -0.05) is 51.8 Å². The topological polar surface area (TPSA) is 135 Å². The van der Waals surface area contributed by atoms with Gasteiger partial charge in [0.05, 0.1) is 0 Å². The van der Waals surface area contributed by atoms with Crippen molar-refractivity contribution in [3.8, 4) is 0 Å². The Kier molecular flexibility index (Phi) is 9.13. The number of aliphatic hydroxyl groups is 2. The van der Waals surface area contributed by atoms with E-state index in [9.17, 15) is 34.2 Å². The number of aliphatic hydroxyl groups excluding tert-OH is 1. The number of Topliss-reactive ketones (excluding diaryl/α,β-unsaturated/α-hetero) is 2. The highest BCUT2D eigenvalue weighted by Gasteiger charge is 2.68. The summed E-state index contributed by atoms with van der Waals surface area (Å²) in [6.45, 7) is 9.88. The molecule has 0 aromatic carbocycles. The van der Waals surface area contributed by atoms with Crippen molar-refractivity contribution in [2.45, 2.75) is 136 Å². The van der Waals surface area contributed by atoms with Gasteiger partial charge in [0.25, 0.3) is 0 Å². The molecule has 0 bridgehead atoms. The molecular weight excluding hydrogens is 644 g/mol. The van der Waals surface area contributed by atoms with Gasteiger partial charge in [-0.05, 0) is 124 Å². The molecule has 8 nitrogen and oxygen atoms in total. The van der Waals surface area contributed by atoms with Crippen molar-refractivity contribution in [3.05, 3.63) is 35.5 Å². The highest BCUT2D eigenvalue weighted by molar-refractivity contribution is 6.02. The first kappa shape index (κ1) is 36.6. The summed E-state index contributed by atoms with van der Waals surface area (Å²) >= 11 is 0. The number of hydrogen-bond donors (Lipinski definition) is 2. The quantitative estimate of drug-likeness (QED) is 0.313. The molecule has 278 valence electrons. The third kappa shape index (κ3) is 5.38. The predicted molar refractivity (Wildman–Crippen MR) is 191 cm³/mol. The number of ketones is 4. The SMILES string of the molecule is CCC(=O)O[C@H]1CC[C@H]2[C@@H]3CCC4=CC(=O)CC[C@]4(C)[C@H]3CC[C@]12C.C[C@]12C=CC(=O)C=C1CC[C@@H]1[C@@H]2C(=O)C[C@@]2(C)[C@H]1CC[C@]2(O)C(=O)CO. The first-order valence-corrected chi connectivity index (χ1v) is 19.8. The van der Waals surface area contributed by atoms with Gasteiger partial charge in [-0.25, -0.2) is 0 Å².